The van der Waals surface area contributed by atoms with Crippen LogP contribution in [0.15, 0.2) is 473 Å². The van der Waals surface area contributed by atoms with Crippen LogP contribution < -0.4 is 9.80 Å². The Hall–Kier alpha value is -15.6. The summed E-state index contributed by atoms with van der Waals surface area (Å²) in [4.78, 5) is 4.83. The minimum atomic E-state index is 1.10. The van der Waals surface area contributed by atoms with Crippen molar-refractivity contribution < 1.29 is 0 Å². The molecular formula is C114H78N4. The van der Waals surface area contributed by atoms with Crippen LogP contribution in [-0.2, 0) is 0 Å². The van der Waals surface area contributed by atoms with Gasteiger partial charge in [0.1, 0.15) is 0 Å². The van der Waals surface area contributed by atoms with E-state index in [1.165, 1.54) is 143 Å². The highest BCUT2D eigenvalue weighted by atomic mass is 15.2. The van der Waals surface area contributed by atoms with Crippen LogP contribution in [0, 0.1) is 0 Å². The lowest BCUT2D eigenvalue weighted by Crippen LogP contribution is -2.11. The largest absolute Gasteiger partial charge is 0.310 e. The summed E-state index contributed by atoms with van der Waals surface area (Å²) in [6.45, 7) is 0. The van der Waals surface area contributed by atoms with E-state index in [0.29, 0.717) is 0 Å². The Morgan fingerprint density at radius 2 is 0.407 bits per heavy atom. The zero-order valence-electron chi connectivity index (χ0n) is 64.8. The summed E-state index contributed by atoms with van der Waals surface area (Å²) < 4.78 is 4.83. The molecule has 118 heavy (non-hydrogen) atoms. The highest BCUT2D eigenvalue weighted by molar-refractivity contribution is 6.13. The van der Waals surface area contributed by atoms with Crippen LogP contribution in [0.2, 0.25) is 0 Å². The summed E-state index contributed by atoms with van der Waals surface area (Å²) in [7, 11) is 0. The van der Waals surface area contributed by atoms with Gasteiger partial charge in [-0.15, -0.1) is 0 Å². The maximum Gasteiger partial charge on any atom is 0.0547 e. The van der Waals surface area contributed by atoms with E-state index in [1.54, 1.807) is 0 Å². The predicted molar refractivity (Wildman–Crippen MR) is 501 cm³/mol. The molecule has 4 heteroatoms. The summed E-state index contributed by atoms with van der Waals surface area (Å²) in [5.74, 6) is 0. The van der Waals surface area contributed by atoms with Gasteiger partial charge in [0.05, 0.1) is 39.1 Å². The molecule has 0 saturated carbocycles. The van der Waals surface area contributed by atoms with Gasteiger partial charge in [0, 0.05) is 66.1 Å². The Morgan fingerprint density at radius 3 is 0.797 bits per heavy atom. The van der Waals surface area contributed by atoms with Gasteiger partial charge >= 0.3 is 0 Å². The van der Waals surface area contributed by atoms with Gasteiger partial charge in [-0.2, -0.15) is 0 Å². The average molecular weight is 1500 g/mol. The number of nitrogens with zero attached hydrogens (tertiary/aromatic N) is 4. The van der Waals surface area contributed by atoms with Gasteiger partial charge in [-0.1, -0.05) is 370 Å². The molecule has 20 aromatic carbocycles. The van der Waals surface area contributed by atoms with Crippen molar-refractivity contribution in [2.45, 2.75) is 0 Å². The van der Waals surface area contributed by atoms with Crippen molar-refractivity contribution in [2.24, 2.45) is 0 Å². The van der Waals surface area contributed by atoms with Crippen molar-refractivity contribution in [3.8, 4) is 89.3 Å². The smallest absolute Gasteiger partial charge is 0.0547 e. The lowest BCUT2D eigenvalue weighted by Gasteiger charge is -2.28. The number of fused-ring (bicyclic) bond motifs is 9. The topological polar surface area (TPSA) is 16.3 Å². The molecule has 0 bridgehead atoms. The highest BCUT2D eigenvalue weighted by Gasteiger charge is 2.23. The number of anilines is 6. The molecule has 4 nitrogen and oxygen atoms in total. The van der Waals surface area contributed by atoms with Crippen LogP contribution in [0.5, 0.6) is 0 Å². The molecule has 554 valence electrons. The molecule has 0 fully saturated rings. The van der Waals surface area contributed by atoms with Crippen LogP contribution in [0.25, 0.3) is 165 Å². The van der Waals surface area contributed by atoms with Crippen molar-refractivity contribution >= 4 is 110 Å². The van der Waals surface area contributed by atoms with E-state index in [0.717, 1.165) is 56.6 Å². The molecule has 0 saturated heterocycles. The molecule has 0 unspecified atom stereocenters. The zero-order chi connectivity index (χ0) is 78.2. The van der Waals surface area contributed by atoms with Crippen molar-refractivity contribution in [2.75, 3.05) is 9.80 Å². The van der Waals surface area contributed by atoms with E-state index in [1.807, 2.05) is 0 Å². The van der Waals surface area contributed by atoms with Gasteiger partial charge in [0.15, 0.2) is 0 Å². The van der Waals surface area contributed by atoms with Crippen LogP contribution in [0.1, 0.15) is 0 Å². The van der Waals surface area contributed by atoms with Crippen LogP contribution >= 0.6 is 0 Å². The Bertz CT molecular complexity index is 7370. The third-order valence-electron chi connectivity index (χ3n) is 23.4. The number of para-hydroxylation sites is 2. The van der Waals surface area contributed by atoms with E-state index < -0.39 is 0 Å². The quantitative estimate of drug-likeness (QED) is 0.102. The fourth-order valence-electron chi connectivity index (χ4n) is 17.8. The number of benzene rings is 20. The summed E-state index contributed by atoms with van der Waals surface area (Å²) in [6.07, 6.45) is 0. The van der Waals surface area contributed by atoms with Crippen molar-refractivity contribution in [3.63, 3.8) is 0 Å². The van der Waals surface area contributed by atoms with Gasteiger partial charge in [-0.05, 0) is 197 Å². The fourth-order valence-corrected chi connectivity index (χ4v) is 17.8. The molecular weight excluding hydrogens is 1430 g/mol. The number of hydrogen-bond donors (Lipinski definition) is 0. The van der Waals surface area contributed by atoms with Crippen LogP contribution in [-0.4, -0.2) is 9.13 Å². The Labute approximate surface area is 686 Å². The number of aromatic nitrogens is 2. The van der Waals surface area contributed by atoms with E-state index in [9.17, 15) is 0 Å². The van der Waals surface area contributed by atoms with Gasteiger partial charge in [0.25, 0.3) is 0 Å². The minimum Gasteiger partial charge on any atom is -0.310 e. The molecule has 0 atom stereocenters. The third kappa shape index (κ3) is 13.1. The average Bonchev–Trinajstić information content (AvgIpc) is 1.56. The second-order valence-corrected chi connectivity index (χ2v) is 30.3. The zero-order valence-corrected chi connectivity index (χ0v) is 64.8. The molecule has 0 amide bonds. The van der Waals surface area contributed by atoms with Gasteiger partial charge in [-0.3, -0.25) is 0 Å². The Balaban J connectivity index is 0.000000147. The molecule has 0 aliphatic carbocycles. The van der Waals surface area contributed by atoms with Crippen molar-refractivity contribution in [1.82, 2.24) is 9.13 Å². The summed E-state index contributed by atoms with van der Waals surface area (Å²) in [5, 5.41) is 12.2. The first kappa shape index (κ1) is 70.3. The SMILES string of the molecule is c1ccc(-c2ccc(-n3c4ccccc4c4ccc(-c5ccccc5-c5cccc(N(c6cccc7ccccc67)c6cccc7ccccc67)c5)cc43)cc2)cc1.c1ccc(-c2ccc(N(c3cccc(-c4ccccc4-c4ccc5c6ccccc6n(-c6ccc(-c7ccccc7)cc6)c5c4)c3)c3cccc4ccccc34)cc2)cc1. The highest BCUT2D eigenvalue weighted by Crippen LogP contribution is 2.48. The molecule has 2 heterocycles. The second-order valence-electron chi connectivity index (χ2n) is 30.3. The Morgan fingerprint density at radius 1 is 0.144 bits per heavy atom. The third-order valence-corrected chi connectivity index (χ3v) is 23.4. The van der Waals surface area contributed by atoms with Gasteiger partial charge in [-0.25, -0.2) is 0 Å². The van der Waals surface area contributed by atoms with Crippen molar-refractivity contribution in [1.29, 1.82) is 0 Å². The first-order chi connectivity index (χ1) is 58.5. The molecule has 0 aliphatic rings. The molecule has 0 aliphatic heterocycles. The Kier molecular flexibility index (Phi) is 18.3. The first-order valence-corrected chi connectivity index (χ1v) is 40.5. The lowest BCUT2D eigenvalue weighted by molar-refractivity contribution is 1.18. The number of rotatable bonds is 15. The molecule has 0 N–H and O–H groups in total. The molecule has 2 aromatic heterocycles. The maximum absolute atomic E-state index is 2.43. The summed E-state index contributed by atoms with van der Waals surface area (Å²) in [6, 6.07) is 172. The van der Waals surface area contributed by atoms with E-state index >= 15 is 0 Å². The van der Waals surface area contributed by atoms with Gasteiger partial charge in [0.2, 0.25) is 0 Å². The fraction of sp³-hybridized carbons (Fsp3) is 0. The normalized spacial score (nSPS) is 11.4. The van der Waals surface area contributed by atoms with E-state index in [-0.39, 0.29) is 0 Å². The summed E-state index contributed by atoms with van der Waals surface area (Å²) in [5.41, 5.74) is 30.5. The second kappa shape index (κ2) is 30.7. The minimum absolute atomic E-state index is 1.10. The molecule has 22 aromatic rings. The van der Waals surface area contributed by atoms with Gasteiger partial charge < -0.3 is 18.9 Å². The summed E-state index contributed by atoms with van der Waals surface area (Å²) >= 11 is 0. The molecule has 0 spiro atoms. The van der Waals surface area contributed by atoms with Crippen LogP contribution in [0.4, 0.5) is 34.1 Å². The molecule has 22 rings (SSSR count). The lowest BCUT2D eigenvalue weighted by atomic mass is 9.93. The monoisotopic (exact) mass is 1500 g/mol. The van der Waals surface area contributed by atoms with Crippen molar-refractivity contribution in [3.05, 3.63) is 473 Å². The first-order valence-electron chi connectivity index (χ1n) is 40.5. The standard InChI is InChI=1S/C58H40N2.C56H38N2/c1-3-15-41(16-4-1)43-29-34-48(35-30-43)59(56-28-14-20-45-19-7-8-25-53(45)56)50-22-13-21-46(39-50)51-23-9-10-24-52(51)47-33-38-55-54-26-11-12-27-57(54)60(58(55)40-47)49-36-31-44(32-37-49)42-17-5-2-6-18-42;1-2-15-39(16-3-1)40-31-34-45(35-32-40)57-55-28-11-10-27-51(55)52-36-33-44(38-56(52)57)48-24-9-8-23-47(48)43-21-12-22-46(37-43)58(53-29-13-19-41-17-4-6-25-49(41)53)54-30-14-20-42-18-5-7-26-50(42)54/h1-40H;1-38H. The van der Waals surface area contributed by atoms with Crippen LogP contribution in [0.3, 0.4) is 0 Å². The van der Waals surface area contributed by atoms with E-state index in [4.69, 9.17) is 0 Å². The predicted octanol–water partition coefficient (Wildman–Crippen LogP) is 31.6. The number of hydrogen-bond acceptors (Lipinski definition) is 2. The molecule has 0 radical (unpaired) electrons. The maximum atomic E-state index is 2.43. The van der Waals surface area contributed by atoms with E-state index in [2.05, 4.69) is 492 Å².